The van der Waals surface area contributed by atoms with Gasteiger partial charge < -0.3 is 24.8 Å². The van der Waals surface area contributed by atoms with Crippen molar-refractivity contribution in [1.29, 1.82) is 0 Å². The van der Waals surface area contributed by atoms with E-state index in [4.69, 9.17) is 14.2 Å². The van der Waals surface area contributed by atoms with Gasteiger partial charge in [0.05, 0.1) is 42.8 Å². The molecule has 0 bridgehead atoms. The number of methoxy groups -OCH3 is 1. The van der Waals surface area contributed by atoms with Crippen LogP contribution in [-0.4, -0.2) is 63.9 Å². The Balaban J connectivity index is 1.44. The molecule has 10 nitrogen and oxygen atoms in total. The van der Waals surface area contributed by atoms with Crippen molar-refractivity contribution in [2.24, 2.45) is 0 Å². The van der Waals surface area contributed by atoms with Crippen molar-refractivity contribution in [1.82, 2.24) is 25.4 Å². The number of pyridine rings is 1. The zero-order chi connectivity index (χ0) is 33.8. The highest BCUT2D eigenvalue weighted by Crippen LogP contribution is 2.31. The Morgan fingerprint density at radius 2 is 1.79 bits per heavy atom. The van der Waals surface area contributed by atoms with Crippen LogP contribution >= 0.6 is 0 Å². The van der Waals surface area contributed by atoms with Crippen LogP contribution in [-0.2, 0) is 9.53 Å². The maximum absolute atomic E-state index is 14.1. The first-order chi connectivity index (χ1) is 22.3. The fourth-order valence-corrected chi connectivity index (χ4v) is 5.46. The molecule has 2 heterocycles. The van der Waals surface area contributed by atoms with Crippen LogP contribution in [0.25, 0.3) is 16.6 Å². The molecule has 2 aromatic heterocycles. The number of carbonyl (C=O) groups excluding carboxylic acids is 2. The van der Waals surface area contributed by atoms with Crippen LogP contribution in [0.3, 0.4) is 0 Å². The highest BCUT2D eigenvalue weighted by molar-refractivity contribution is 5.95. The quantitative estimate of drug-likeness (QED) is 0.188. The summed E-state index contributed by atoms with van der Waals surface area (Å²) < 4.78 is 47.4. The van der Waals surface area contributed by atoms with Crippen molar-refractivity contribution in [3.05, 3.63) is 78.1 Å². The van der Waals surface area contributed by atoms with Crippen LogP contribution in [0.15, 0.2) is 67.0 Å². The molecule has 5 rings (SSSR count). The maximum atomic E-state index is 14.1. The van der Waals surface area contributed by atoms with E-state index in [9.17, 15) is 18.4 Å². The van der Waals surface area contributed by atoms with E-state index in [0.29, 0.717) is 29.7 Å². The second kappa shape index (κ2) is 14.0. The van der Waals surface area contributed by atoms with Gasteiger partial charge in [-0.3, -0.25) is 9.59 Å². The van der Waals surface area contributed by atoms with Crippen LogP contribution in [0, 0.1) is 0 Å². The molecule has 4 aromatic rings. The molecule has 0 radical (unpaired) electrons. The number of ether oxygens (including phenoxy) is 3. The van der Waals surface area contributed by atoms with Crippen LogP contribution in [0.1, 0.15) is 75.4 Å². The SMILES string of the molecule is COc1ccc([C@@H](Oc2ccc3c(cnn3-c3cccc(C(=O)NC4CCCC4)c3)c2)[C@H](COC(C)(C)C)NC(=O)C(C)(F)F)cn1. The lowest BCUT2D eigenvalue weighted by Crippen LogP contribution is -2.50. The molecular weight excluding hydrogens is 608 g/mol. The lowest BCUT2D eigenvalue weighted by Gasteiger charge is -2.32. The largest absolute Gasteiger partial charge is 0.483 e. The molecule has 1 saturated carbocycles. The maximum Gasteiger partial charge on any atom is 0.321 e. The minimum atomic E-state index is -3.62. The van der Waals surface area contributed by atoms with Crippen LogP contribution < -0.4 is 20.1 Å². The molecule has 12 heteroatoms. The normalized spacial score (nSPS) is 15.3. The topological polar surface area (TPSA) is 117 Å². The number of alkyl halides is 2. The first-order valence-electron chi connectivity index (χ1n) is 15.7. The molecule has 2 aromatic carbocycles. The van der Waals surface area contributed by atoms with Gasteiger partial charge in [0.2, 0.25) is 5.88 Å². The first kappa shape index (κ1) is 33.8. The van der Waals surface area contributed by atoms with Crippen molar-refractivity contribution >= 4 is 22.7 Å². The van der Waals surface area contributed by atoms with E-state index >= 15 is 0 Å². The molecule has 0 saturated heterocycles. The third-order valence-electron chi connectivity index (χ3n) is 7.92. The molecule has 2 amide bonds. The predicted molar refractivity (Wildman–Crippen MR) is 173 cm³/mol. The summed E-state index contributed by atoms with van der Waals surface area (Å²) in [7, 11) is 1.48. The third-order valence-corrected chi connectivity index (χ3v) is 7.92. The highest BCUT2D eigenvalue weighted by atomic mass is 19.3. The number of rotatable bonds is 12. The van der Waals surface area contributed by atoms with Gasteiger partial charge in [-0.25, -0.2) is 9.67 Å². The van der Waals surface area contributed by atoms with E-state index in [1.165, 1.54) is 13.3 Å². The number of amides is 2. The van der Waals surface area contributed by atoms with Crippen molar-refractivity contribution in [3.63, 3.8) is 0 Å². The van der Waals surface area contributed by atoms with Crippen molar-refractivity contribution in [3.8, 4) is 17.3 Å². The Kier molecular flexibility index (Phi) is 10.1. The van der Waals surface area contributed by atoms with Gasteiger partial charge in [-0.2, -0.15) is 13.9 Å². The van der Waals surface area contributed by atoms with Gasteiger partial charge in [-0.15, -0.1) is 0 Å². The van der Waals surface area contributed by atoms with E-state index in [0.717, 1.165) is 42.3 Å². The Bertz CT molecular complexity index is 1690. The summed E-state index contributed by atoms with van der Waals surface area (Å²) in [6, 6.07) is 15.1. The molecule has 0 aliphatic heterocycles. The van der Waals surface area contributed by atoms with Gasteiger partial charge in [0.1, 0.15) is 11.9 Å². The average Bonchev–Trinajstić information content (AvgIpc) is 3.71. The van der Waals surface area contributed by atoms with Crippen LogP contribution in [0.4, 0.5) is 8.78 Å². The Morgan fingerprint density at radius 1 is 1.02 bits per heavy atom. The molecule has 2 atom stereocenters. The molecule has 1 fully saturated rings. The van der Waals surface area contributed by atoms with E-state index in [1.54, 1.807) is 47.3 Å². The van der Waals surface area contributed by atoms with Crippen molar-refractivity contribution in [2.45, 2.75) is 83.1 Å². The number of hydrogen-bond acceptors (Lipinski definition) is 7. The number of halogens is 2. The average molecular weight is 650 g/mol. The second-order valence-corrected chi connectivity index (χ2v) is 12.8. The molecule has 250 valence electrons. The van der Waals surface area contributed by atoms with Crippen LogP contribution in [0.2, 0.25) is 0 Å². The van der Waals surface area contributed by atoms with Crippen LogP contribution in [0.5, 0.6) is 11.6 Å². The molecule has 0 unspecified atom stereocenters. The zero-order valence-corrected chi connectivity index (χ0v) is 27.3. The fourth-order valence-electron chi connectivity index (χ4n) is 5.46. The van der Waals surface area contributed by atoms with Crippen molar-refractivity contribution < 1.29 is 32.6 Å². The number of carbonyl (C=O) groups is 2. The molecule has 1 aliphatic rings. The summed E-state index contributed by atoms with van der Waals surface area (Å²) >= 11 is 0. The van der Waals surface area contributed by atoms with Gasteiger partial charge in [0, 0.05) is 41.7 Å². The van der Waals surface area contributed by atoms with Gasteiger partial charge in [0.25, 0.3) is 11.8 Å². The third kappa shape index (κ3) is 8.62. The van der Waals surface area contributed by atoms with E-state index in [1.807, 2.05) is 39.0 Å². The lowest BCUT2D eigenvalue weighted by atomic mass is 10.0. The number of aromatic nitrogens is 3. The Hall–Kier alpha value is -4.58. The van der Waals surface area contributed by atoms with Gasteiger partial charge in [0.15, 0.2) is 0 Å². The first-order valence-corrected chi connectivity index (χ1v) is 15.7. The minimum absolute atomic E-state index is 0.108. The monoisotopic (exact) mass is 649 g/mol. The smallest absolute Gasteiger partial charge is 0.321 e. The van der Waals surface area contributed by atoms with Gasteiger partial charge in [-0.1, -0.05) is 18.9 Å². The summed E-state index contributed by atoms with van der Waals surface area (Å²) in [5.41, 5.74) is 1.92. The summed E-state index contributed by atoms with van der Waals surface area (Å²) in [6.45, 7) is 5.91. The number of fused-ring (bicyclic) bond motifs is 1. The summed E-state index contributed by atoms with van der Waals surface area (Å²) in [5, 5.41) is 10.9. The molecule has 0 spiro atoms. The number of nitrogens with one attached hydrogen (secondary N) is 2. The fraction of sp³-hybridized carbons (Fsp3) is 0.429. The molecule has 2 N–H and O–H groups in total. The predicted octanol–water partition coefficient (Wildman–Crippen LogP) is 6.18. The second-order valence-electron chi connectivity index (χ2n) is 12.8. The minimum Gasteiger partial charge on any atom is -0.483 e. The molecular formula is C35H41F2N5O5. The zero-order valence-electron chi connectivity index (χ0n) is 27.3. The molecule has 1 aliphatic carbocycles. The standard InChI is InChI=1S/C35H41F2N5O5/c1-34(2,3)46-21-28(41-33(44)35(4,36)37)31(23-13-16-30(45-5)38-19-23)47-27-14-15-29-24(18-27)20-39-42(29)26-12-8-9-22(17-26)32(43)40-25-10-6-7-11-25/h8-9,12-20,25,28,31H,6-7,10-11,21H2,1-5H3,(H,40,43)(H,41,44)/t28-,31+/m0/s1. The number of nitrogens with zero attached hydrogens (tertiary/aromatic N) is 3. The number of hydrogen-bond donors (Lipinski definition) is 2. The van der Waals surface area contributed by atoms with E-state index in [-0.39, 0.29) is 18.6 Å². The van der Waals surface area contributed by atoms with Crippen molar-refractivity contribution in [2.75, 3.05) is 13.7 Å². The number of benzene rings is 2. The van der Waals surface area contributed by atoms with Gasteiger partial charge >= 0.3 is 5.92 Å². The Labute approximate surface area is 272 Å². The lowest BCUT2D eigenvalue weighted by molar-refractivity contribution is -0.146. The van der Waals surface area contributed by atoms with E-state index in [2.05, 4.69) is 20.7 Å². The molecule has 47 heavy (non-hydrogen) atoms. The summed E-state index contributed by atoms with van der Waals surface area (Å²) in [5.74, 6) is -4.42. The summed E-state index contributed by atoms with van der Waals surface area (Å²) in [6.07, 6.45) is 6.47. The highest BCUT2D eigenvalue weighted by Gasteiger charge is 2.37. The Morgan fingerprint density at radius 3 is 2.45 bits per heavy atom. The van der Waals surface area contributed by atoms with Gasteiger partial charge in [-0.05, 0) is 76.1 Å². The van der Waals surface area contributed by atoms with E-state index < -0.39 is 29.6 Å². The summed E-state index contributed by atoms with van der Waals surface area (Å²) in [4.78, 5) is 29.7.